The van der Waals surface area contributed by atoms with Gasteiger partial charge in [0.25, 0.3) is 11.5 Å². The maximum Gasteiger partial charge on any atom is 0.264 e. The van der Waals surface area contributed by atoms with Crippen molar-refractivity contribution in [3.8, 4) is 0 Å². The molecule has 2 unspecified atom stereocenters. The van der Waals surface area contributed by atoms with Crippen LogP contribution < -0.4 is 10.9 Å². The minimum absolute atomic E-state index is 0.0273. The highest BCUT2D eigenvalue weighted by molar-refractivity contribution is 7.92. The predicted molar refractivity (Wildman–Crippen MR) is 151 cm³/mol. The van der Waals surface area contributed by atoms with Gasteiger partial charge in [-0.1, -0.05) is 18.2 Å². The van der Waals surface area contributed by atoms with Crippen LogP contribution in [0.1, 0.15) is 62.4 Å². The Labute approximate surface area is 230 Å². The van der Waals surface area contributed by atoms with Crippen molar-refractivity contribution in [1.29, 1.82) is 0 Å². The van der Waals surface area contributed by atoms with Gasteiger partial charge in [0.1, 0.15) is 5.56 Å². The first kappa shape index (κ1) is 28.3. The number of sulfone groups is 1. The van der Waals surface area contributed by atoms with Crippen LogP contribution >= 0.6 is 0 Å². The van der Waals surface area contributed by atoms with E-state index < -0.39 is 25.9 Å². The smallest absolute Gasteiger partial charge is 0.264 e. The first-order valence-electron chi connectivity index (χ1n) is 13.7. The molecule has 3 fully saturated rings. The number of fused-ring (bicyclic) bond motifs is 3. The van der Waals surface area contributed by atoms with E-state index in [0.29, 0.717) is 13.0 Å². The summed E-state index contributed by atoms with van der Waals surface area (Å²) in [6.07, 6.45) is 4.86. The topological polar surface area (TPSA) is 126 Å². The third-order valence-corrected chi connectivity index (χ3v) is 11.6. The Bertz CT molecular complexity index is 1520. The number of nitrogens with zero attached hydrogens (tertiary/aromatic N) is 3. The average molecular weight is 579 g/mol. The molecule has 0 spiro atoms. The van der Waals surface area contributed by atoms with Crippen LogP contribution in [0.5, 0.6) is 0 Å². The first-order chi connectivity index (χ1) is 18.3. The molecule has 12 heteroatoms. The molecule has 3 aliphatic rings. The van der Waals surface area contributed by atoms with E-state index in [4.69, 9.17) is 0 Å². The molecule has 2 aromatic rings. The molecule has 5 rings (SSSR count). The van der Waals surface area contributed by atoms with Gasteiger partial charge in [-0.3, -0.25) is 14.5 Å². The van der Waals surface area contributed by atoms with Crippen molar-refractivity contribution in [2.45, 2.75) is 76.2 Å². The summed E-state index contributed by atoms with van der Waals surface area (Å²) < 4.78 is 52.0. The lowest BCUT2D eigenvalue weighted by molar-refractivity contribution is 0.0827. The van der Waals surface area contributed by atoms with Crippen LogP contribution in [-0.4, -0.2) is 91.5 Å². The quantitative estimate of drug-likeness (QED) is 0.506. The lowest BCUT2D eigenvalue weighted by Crippen LogP contribution is -2.53. The molecule has 4 heterocycles. The Balaban J connectivity index is 1.26. The summed E-state index contributed by atoms with van der Waals surface area (Å²) in [5.74, 6) is -0.447. The molecule has 0 aliphatic carbocycles. The number of nitrogens with one attached hydrogen (secondary N) is 1. The van der Waals surface area contributed by atoms with Gasteiger partial charge in [-0.25, -0.2) is 16.8 Å². The fraction of sp³-hybridized carbons (Fsp3) is 0.630. The third-order valence-electron chi connectivity index (χ3n) is 8.55. The summed E-state index contributed by atoms with van der Waals surface area (Å²) in [5.41, 5.74) is 0.655. The van der Waals surface area contributed by atoms with E-state index in [2.05, 4.69) is 10.2 Å². The van der Waals surface area contributed by atoms with Crippen LogP contribution in [0.2, 0.25) is 0 Å². The van der Waals surface area contributed by atoms with Gasteiger partial charge in [0.2, 0.25) is 10.0 Å². The maximum atomic E-state index is 13.3. The fourth-order valence-corrected chi connectivity index (χ4v) is 9.78. The molecule has 3 saturated heterocycles. The van der Waals surface area contributed by atoms with Crippen molar-refractivity contribution in [3.05, 3.63) is 46.2 Å². The molecule has 1 aromatic carbocycles. The zero-order valence-electron chi connectivity index (χ0n) is 22.7. The lowest BCUT2D eigenvalue weighted by Gasteiger charge is -2.40. The van der Waals surface area contributed by atoms with Crippen molar-refractivity contribution in [2.75, 3.05) is 30.9 Å². The summed E-state index contributed by atoms with van der Waals surface area (Å²) in [7, 11) is -6.75. The molecule has 214 valence electrons. The van der Waals surface area contributed by atoms with E-state index in [1.807, 2.05) is 38.1 Å². The largest absolute Gasteiger partial charge is 0.349 e. The highest BCUT2D eigenvalue weighted by Gasteiger charge is 2.42. The number of benzene rings is 1. The van der Waals surface area contributed by atoms with E-state index in [1.165, 1.54) is 4.31 Å². The van der Waals surface area contributed by atoms with Crippen molar-refractivity contribution in [2.24, 2.45) is 0 Å². The Kier molecular flexibility index (Phi) is 7.68. The normalized spacial score (nSPS) is 27.0. The number of hydrogen-bond donors (Lipinski definition) is 1. The summed E-state index contributed by atoms with van der Waals surface area (Å²) in [4.78, 5) is 28.9. The van der Waals surface area contributed by atoms with Gasteiger partial charge in [-0.15, -0.1) is 0 Å². The van der Waals surface area contributed by atoms with Crippen LogP contribution in [0.3, 0.4) is 0 Å². The second-order valence-corrected chi connectivity index (χ2v) is 15.7. The van der Waals surface area contributed by atoms with Gasteiger partial charge in [-0.05, 0) is 63.5 Å². The second-order valence-electron chi connectivity index (χ2n) is 11.6. The molecule has 0 radical (unpaired) electrons. The van der Waals surface area contributed by atoms with Crippen LogP contribution in [0.4, 0.5) is 0 Å². The number of para-hydroxylation sites is 1. The molecule has 4 atom stereocenters. The SMILES string of the molecule is CC(C)n1c(=O)c(C(=O)NC2C[C@H]3CC[C@@H](C2)N3CCN(C2CCS(=O)(=O)C2)S(C)(=O)=O)cc2ccccc21. The number of sulfonamides is 1. The number of carbonyl (C=O) groups excluding carboxylic acids is 1. The van der Waals surface area contributed by atoms with Crippen LogP contribution in [-0.2, 0) is 19.9 Å². The molecule has 3 aliphatic heterocycles. The molecule has 39 heavy (non-hydrogen) atoms. The van der Waals surface area contributed by atoms with Gasteiger partial charge in [0.05, 0.1) is 23.3 Å². The number of pyridine rings is 1. The fourth-order valence-electron chi connectivity index (χ4n) is 6.82. The summed E-state index contributed by atoms with van der Waals surface area (Å²) in [6.45, 7) is 4.65. The summed E-state index contributed by atoms with van der Waals surface area (Å²) in [5, 5.41) is 3.96. The Morgan fingerprint density at radius 3 is 2.38 bits per heavy atom. The van der Waals surface area contributed by atoms with E-state index in [-0.39, 0.29) is 59.2 Å². The Hall–Kier alpha value is -2.28. The van der Waals surface area contributed by atoms with Crippen LogP contribution in [0.25, 0.3) is 10.9 Å². The van der Waals surface area contributed by atoms with E-state index in [1.54, 1.807) is 10.6 Å². The minimum atomic E-state index is -3.55. The van der Waals surface area contributed by atoms with Crippen LogP contribution in [0, 0.1) is 0 Å². The molecule has 0 saturated carbocycles. The zero-order chi connectivity index (χ0) is 28.1. The molecule has 1 aromatic heterocycles. The predicted octanol–water partition coefficient (Wildman–Crippen LogP) is 1.76. The number of rotatable bonds is 8. The third kappa shape index (κ3) is 5.79. The molecule has 1 amide bonds. The molecule has 10 nitrogen and oxygen atoms in total. The molecule has 2 bridgehead atoms. The number of piperidine rings is 1. The van der Waals surface area contributed by atoms with Crippen molar-refractivity contribution in [3.63, 3.8) is 0 Å². The van der Waals surface area contributed by atoms with Gasteiger partial charge < -0.3 is 9.88 Å². The van der Waals surface area contributed by atoms with Crippen molar-refractivity contribution < 1.29 is 21.6 Å². The zero-order valence-corrected chi connectivity index (χ0v) is 24.4. The Morgan fingerprint density at radius 1 is 1.13 bits per heavy atom. The highest BCUT2D eigenvalue weighted by Crippen LogP contribution is 2.36. The van der Waals surface area contributed by atoms with Crippen molar-refractivity contribution >= 4 is 36.7 Å². The second kappa shape index (κ2) is 10.6. The van der Waals surface area contributed by atoms with Crippen LogP contribution in [0.15, 0.2) is 35.1 Å². The summed E-state index contributed by atoms with van der Waals surface area (Å²) >= 11 is 0. The van der Waals surface area contributed by atoms with E-state index in [9.17, 15) is 26.4 Å². The van der Waals surface area contributed by atoms with E-state index >= 15 is 0 Å². The average Bonchev–Trinajstić information content (AvgIpc) is 3.31. The number of aromatic nitrogens is 1. The molecular formula is C27H38N4O6S2. The van der Waals surface area contributed by atoms with Gasteiger partial charge in [-0.2, -0.15) is 4.31 Å². The first-order valence-corrected chi connectivity index (χ1v) is 17.4. The number of hydrogen-bond acceptors (Lipinski definition) is 7. The maximum absolute atomic E-state index is 13.3. The number of carbonyl (C=O) groups is 1. The highest BCUT2D eigenvalue weighted by atomic mass is 32.2. The minimum Gasteiger partial charge on any atom is -0.349 e. The standard InChI is InChI=1S/C27H38N4O6S2/c1-18(2)31-25-7-5-4-6-19(25)14-24(27(31)33)26(32)28-20-15-21-8-9-22(16-20)29(21)11-12-30(38(3,34)35)23-10-13-39(36,37)17-23/h4-7,14,18,20-23H,8-13,15-17H2,1-3H3,(H,28,32)/t20?,21-,22+,23?. The molecule has 1 N–H and O–H groups in total. The monoisotopic (exact) mass is 578 g/mol. The van der Waals surface area contributed by atoms with Gasteiger partial charge in [0.15, 0.2) is 9.84 Å². The van der Waals surface area contributed by atoms with Gasteiger partial charge in [0, 0.05) is 43.3 Å². The van der Waals surface area contributed by atoms with Gasteiger partial charge >= 0.3 is 0 Å². The summed E-state index contributed by atoms with van der Waals surface area (Å²) in [6, 6.07) is 8.98. The number of amides is 1. The van der Waals surface area contributed by atoms with E-state index in [0.717, 1.165) is 42.8 Å². The molecular weight excluding hydrogens is 540 g/mol. The Morgan fingerprint density at radius 2 is 1.79 bits per heavy atom. The lowest BCUT2D eigenvalue weighted by atomic mass is 9.96. The van der Waals surface area contributed by atoms with Crippen molar-refractivity contribution in [1.82, 2.24) is 19.1 Å².